The van der Waals surface area contributed by atoms with Crippen molar-refractivity contribution in [2.45, 2.75) is 25.1 Å². The van der Waals surface area contributed by atoms with Crippen LogP contribution in [0.4, 0.5) is 4.79 Å². The number of hydrogen-bond acceptors (Lipinski definition) is 8. The van der Waals surface area contributed by atoms with Crippen LogP contribution in [0.25, 0.3) is 0 Å². The second-order valence-corrected chi connectivity index (χ2v) is 5.02. The number of benzene rings is 1. The molecule has 0 aliphatic carbocycles. The van der Waals surface area contributed by atoms with Gasteiger partial charge in [0.05, 0.1) is 6.54 Å². The van der Waals surface area contributed by atoms with Gasteiger partial charge in [-0.15, -0.1) is 0 Å². The number of rotatable bonds is 8. The Balaban J connectivity index is 2.44. The number of carbonyl (C=O) groups is 2. The van der Waals surface area contributed by atoms with Crippen LogP contribution in [-0.2, 0) is 20.9 Å². The Morgan fingerprint density at radius 2 is 1.96 bits per heavy atom. The molecule has 2 atom stereocenters. The number of esters is 1. The van der Waals surface area contributed by atoms with Crippen LogP contribution in [0.3, 0.4) is 0 Å². The first-order valence-corrected chi connectivity index (χ1v) is 7.19. The van der Waals surface area contributed by atoms with E-state index in [1.807, 2.05) is 0 Å². The van der Waals surface area contributed by atoms with Crippen molar-refractivity contribution in [1.29, 1.82) is 5.41 Å². The number of guanidine groups is 1. The standard InChI is InChI=1S/C14H19N5O6/c15-11(6-10(19(22)23)7-18-13(16)17)12(20)25-14(21)24-8-9-4-2-1-3-5-9/h1-5,10-11H,6-8,15H2,(H4,16,17,18)/t10?,11-/m0/s1. The smallest absolute Gasteiger partial charge is 0.429 e. The van der Waals surface area contributed by atoms with E-state index in [0.717, 1.165) is 0 Å². The largest absolute Gasteiger partial charge is 0.516 e. The van der Waals surface area contributed by atoms with Crippen molar-refractivity contribution in [3.8, 4) is 0 Å². The summed E-state index contributed by atoms with van der Waals surface area (Å²) in [5, 5.41) is 20.1. The maximum Gasteiger partial charge on any atom is 0.516 e. The van der Waals surface area contributed by atoms with E-state index >= 15 is 0 Å². The minimum atomic E-state index is -1.41. The molecule has 11 nitrogen and oxygen atoms in total. The van der Waals surface area contributed by atoms with Gasteiger partial charge in [-0.1, -0.05) is 30.3 Å². The molecule has 11 heteroatoms. The van der Waals surface area contributed by atoms with Gasteiger partial charge in [-0.3, -0.25) is 15.5 Å². The highest BCUT2D eigenvalue weighted by Gasteiger charge is 2.29. The van der Waals surface area contributed by atoms with Crippen molar-refractivity contribution in [1.82, 2.24) is 5.32 Å². The Bertz CT molecular complexity index is 623. The molecule has 0 saturated carbocycles. The summed E-state index contributed by atoms with van der Waals surface area (Å²) in [6, 6.07) is 6.02. The zero-order chi connectivity index (χ0) is 18.8. The molecule has 1 aromatic carbocycles. The van der Waals surface area contributed by atoms with Crippen LogP contribution in [0, 0.1) is 15.5 Å². The minimum Gasteiger partial charge on any atom is -0.429 e. The van der Waals surface area contributed by atoms with Crippen molar-refractivity contribution in [3.05, 3.63) is 46.0 Å². The number of carbonyl (C=O) groups excluding carboxylic acids is 2. The lowest BCUT2D eigenvalue weighted by molar-refractivity contribution is -0.521. The maximum absolute atomic E-state index is 11.7. The lowest BCUT2D eigenvalue weighted by Crippen LogP contribution is -2.45. The fraction of sp³-hybridized carbons (Fsp3) is 0.357. The first kappa shape index (κ1) is 19.8. The Morgan fingerprint density at radius 1 is 1.32 bits per heavy atom. The third-order valence-electron chi connectivity index (χ3n) is 3.04. The normalized spacial score (nSPS) is 12.5. The first-order valence-electron chi connectivity index (χ1n) is 7.19. The zero-order valence-corrected chi connectivity index (χ0v) is 13.2. The molecular weight excluding hydrogens is 334 g/mol. The highest BCUT2D eigenvalue weighted by atomic mass is 16.7. The fourth-order valence-electron chi connectivity index (χ4n) is 1.76. The summed E-state index contributed by atoms with van der Waals surface area (Å²) in [6.07, 6.45) is -1.65. The van der Waals surface area contributed by atoms with Crippen LogP contribution in [0.15, 0.2) is 30.3 Å². The number of nitrogens with one attached hydrogen (secondary N) is 2. The molecule has 6 N–H and O–H groups in total. The predicted octanol–water partition coefficient (Wildman–Crippen LogP) is -0.288. The van der Waals surface area contributed by atoms with E-state index in [2.05, 4.69) is 10.1 Å². The molecule has 0 aliphatic heterocycles. The Kier molecular flexibility index (Phi) is 7.79. The van der Waals surface area contributed by atoms with Crippen LogP contribution in [0.1, 0.15) is 12.0 Å². The molecule has 1 rings (SSSR count). The molecule has 0 spiro atoms. The van der Waals surface area contributed by atoms with E-state index in [9.17, 15) is 19.7 Å². The van der Waals surface area contributed by atoms with E-state index in [4.69, 9.17) is 21.6 Å². The van der Waals surface area contributed by atoms with Crippen LogP contribution in [-0.4, -0.2) is 41.6 Å². The number of nitrogens with two attached hydrogens (primary N) is 2. The lowest BCUT2D eigenvalue weighted by atomic mass is 10.1. The summed E-state index contributed by atoms with van der Waals surface area (Å²) in [7, 11) is 0. The highest BCUT2D eigenvalue weighted by molar-refractivity contribution is 5.85. The van der Waals surface area contributed by atoms with Crippen molar-refractivity contribution in [3.63, 3.8) is 0 Å². The second kappa shape index (κ2) is 9.82. The Morgan fingerprint density at radius 3 is 2.52 bits per heavy atom. The van der Waals surface area contributed by atoms with Gasteiger partial charge in [0, 0.05) is 11.3 Å². The molecule has 0 aromatic heterocycles. The molecule has 0 fully saturated rings. The summed E-state index contributed by atoms with van der Waals surface area (Å²) >= 11 is 0. The lowest BCUT2D eigenvalue weighted by Gasteiger charge is -2.14. The monoisotopic (exact) mass is 353 g/mol. The van der Waals surface area contributed by atoms with Gasteiger partial charge in [-0.05, 0) is 5.56 Å². The number of ether oxygens (including phenoxy) is 2. The van der Waals surface area contributed by atoms with Crippen LogP contribution < -0.4 is 16.8 Å². The molecule has 0 saturated heterocycles. The van der Waals surface area contributed by atoms with Crippen molar-refractivity contribution >= 4 is 18.1 Å². The molecule has 0 aliphatic rings. The average Bonchev–Trinajstić information content (AvgIpc) is 2.56. The SMILES string of the molecule is N=C(N)NCC(C[C@H](N)C(=O)OC(=O)OCc1ccccc1)[N+](=O)[O-]. The van der Waals surface area contributed by atoms with Gasteiger partial charge in [0.15, 0.2) is 5.96 Å². The van der Waals surface area contributed by atoms with E-state index < -0.39 is 41.5 Å². The van der Waals surface area contributed by atoms with Gasteiger partial charge in [0.1, 0.15) is 12.6 Å². The summed E-state index contributed by atoms with van der Waals surface area (Å²) in [4.78, 5) is 33.4. The molecule has 25 heavy (non-hydrogen) atoms. The first-order chi connectivity index (χ1) is 11.8. The number of nitro groups is 1. The maximum atomic E-state index is 11.7. The Labute approximate surface area is 142 Å². The van der Waals surface area contributed by atoms with Gasteiger partial charge in [-0.2, -0.15) is 0 Å². The van der Waals surface area contributed by atoms with Gasteiger partial charge in [0.2, 0.25) is 6.04 Å². The molecule has 1 aromatic rings. The van der Waals surface area contributed by atoms with Gasteiger partial charge in [0.25, 0.3) is 0 Å². The minimum absolute atomic E-state index is 0.0950. The van der Waals surface area contributed by atoms with Gasteiger partial charge in [-0.25, -0.2) is 9.59 Å². The predicted molar refractivity (Wildman–Crippen MR) is 86.0 cm³/mol. The molecule has 136 valence electrons. The highest BCUT2D eigenvalue weighted by Crippen LogP contribution is 2.05. The molecule has 1 unspecified atom stereocenters. The summed E-state index contributed by atoms with van der Waals surface area (Å²) in [6.45, 7) is -0.385. The van der Waals surface area contributed by atoms with Crippen molar-refractivity contribution in [2.24, 2.45) is 11.5 Å². The quantitative estimate of drug-likeness (QED) is 0.122. The molecule has 0 radical (unpaired) electrons. The fourth-order valence-corrected chi connectivity index (χ4v) is 1.76. The molecule has 0 amide bonds. The molecular formula is C14H19N5O6. The number of nitrogens with zero attached hydrogens (tertiary/aromatic N) is 1. The Hall–Kier alpha value is -3.21. The summed E-state index contributed by atoms with van der Waals surface area (Å²) in [5.41, 5.74) is 11.3. The van der Waals surface area contributed by atoms with Crippen molar-refractivity contribution < 1.29 is 24.0 Å². The summed E-state index contributed by atoms with van der Waals surface area (Å²) < 4.78 is 9.16. The van der Waals surface area contributed by atoms with Crippen LogP contribution >= 0.6 is 0 Å². The summed E-state index contributed by atoms with van der Waals surface area (Å²) in [5.74, 6) is -1.60. The van der Waals surface area contributed by atoms with Gasteiger partial charge >= 0.3 is 12.1 Å². The van der Waals surface area contributed by atoms with E-state index in [1.54, 1.807) is 30.3 Å². The van der Waals surface area contributed by atoms with E-state index in [-0.39, 0.29) is 13.2 Å². The number of hydrogen-bond donors (Lipinski definition) is 4. The topological polar surface area (TPSA) is 184 Å². The third-order valence-corrected chi connectivity index (χ3v) is 3.04. The van der Waals surface area contributed by atoms with Crippen LogP contribution in [0.2, 0.25) is 0 Å². The molecule has 0 heterocycles. The molecule has 0 bridgehead atoms. The average molecular weight is 353 g/mol. The van der Waals surface area contributed by atoms with Gasteiger partial charge < -0.3 is 26.3 Å². The zero-order valence-electron chi connectivity index (χ0n) is 13.2. The third kappa shape index (κ3) is 7.74. The van der Waals surface area contributed by atoms with Crippen molar-refractivity contribution in [2.75, 3.05) is 6.54 Å². The second-order valence-electron chi connectivity index (χ2n) is 5.02. The van der Waals surface area contributed by atoms with Crippen LogP contribution in [0.5, 0.6) is 0 Å². The van der Waals surface area contributed by atoms with E-state index in [1.165, 1.54) is 0 Å². The van der Waals surface area contributed by atoms with E-state index in [0.29, 0.717) is 5.56 Å².